The van der Waals surface area contributed by atoms with E-state index in [2.05, 4.69) is 20.2 Å². The number of rotatable bonds is 6. The number of hydrogen-bond donors (Lipinski definition) is 3. The Balaban J connectivity index is 1.78. The number of fused-ring (bicyclic) bond motifs is 1. The Morgan fingerprint density at radius 1 is 1.30 bits per heavy atom. The van der Waals surface area contributed by atoms with Gasteiger partial charge < -0.3 is 20.5 Å². The number of anilines is 1. The molecule has 3 rings (SSSR count). The molecular weight excluding hydrogens is 398 g/mol. The van der Waals surface area contributed by atoms with Crippen molar-refractivity contribution in [2.45, 2.75) is 32.3 Å². The number of hydrogen-bond acceptors (Lipinski definition) is 7. The summed E-state index contributed by atoms with van der Waals surface area (Å²) in [5, 5.41) is 8.64. The molecular formula is C19H22F2N6O3. The second kappa shape index (κ2) is 8.09. The van der Waals surface area contributed by atoms with Crippen LogP contribution in [0.5, 0.6) is 5.75 Å². The number of aromatic amines is 1. The Morgan fingerprint density at radius 3 is 2.73 bits per heavy atom. The Labute approximate surface area is 171 Å². The molecule has 0 aromatic carbocycles. The first kappa shape index (κ1) is 21.2. The number of alkyl carbamates (subject to hydrolysis) is 1. The van der Waals surface area contributed by atoms with Crippen molar-refractivity contribution in [3.8, 4) is 17.0 Å². The molecule has 0 spiro atoms. The van der Waals surface area contributed by atoms with Gasteiger partial charge in [-0.1, -0.05) is 0 Å². The summed E-state index contributed by atoms with van der Waals surface area (Å²) in [6, 6.07) is 4.98. The van der Waals surface area contributed by atoms with E-state index in [0.717, 1.165) is 0 Å². The molecule has 1 amide bonds. The third-order valence-electron chi connectivity index (χ3n) is 3.79. The smallest absolute Gasteiger partial charge is 0.407 e. The molecule has 0 aliphatic carbocycles. The lowest BCUT2D eigenvalue weighted by Gasteiger charge is -2.22. The molecule has 0 aliphatic rings. The average molecular weight is 420 g/mol. The molecule has 11 heteroatoms. The maximum absolute atomic E-state index is 14.3. The minimum Gasteiger partial charge on any atom is -0.485 e. The number of nitrogens with one attached hydrogen (secondary N) is 2. The quantitative estimate of drug-likeness (QED) is 0.559. The molecule has 3 heterocycles. The van der Waals surface area contributed by atoms with Crippen LogP contribution in [0, 0.1) is 0 Å². The maximum atomic E-state index is 14.3. The third-order valence-corrected chi connectivity index (χ3v) is 3.79. The lowest BCUT2D eigenvalue weighted by Crippen LogP contribution is -2.42. The van der Waals surface area contributed by atoms with Gasteiger partial charge in [-0.3, -0.25) is 15.1 Å². The first-order valence-corrected chi connectivity index (χ1v) is 9.06. The fourth-order valence-corrected chi connectivity index (χ4v) is 2.59. The highest BCUT2D eigenvalue weighted by atomic mass is 19.3. The van der Waals surface area contributed by atoms with Crippen LogP contribution < -0.4 is 15.8 Å². The van der Waals surface area contributed by atoms with E-state index in [1.807, 2.05) is 5.32 Å². The van der Waals surface area contributed by atoms with E-state index in [-0.39, 0.29) is 11.6 Å². The van der Waals surface area contributed by atoms with Crippen molar-refractivity contribution in [2.24, 2.45) is 0 Å². The number of nitrogens with two attached hydrogens (primary N) is 1. The van der Waals surface area contributed by atoms with Gasteiger partial charge in [-0.25, -0.2) is 13.6 Å². The number of carbonyl (C=O) groups is 1. The third kappa shape index (κ3) is 5.31. The molecule has 0 unspecified atom stereocenters. The molecule has 0 radical (unpaired) electrons. The molecule has 160 valence electrons. The number of nitrogens with zero attached hydrogens (tertiary/aromatic N) is 3. The van der Waals surface area contributed by atoms with Crippen molar-refractivity contribution < 1.29 is 23.0 Å². The predicted octanol–water partition coefficient (Wildman–Crippen LogP) is 3.14. The zero-order valence-corrected chi connectivity index (χ0v) is 16.7. The highest BCUT2D eigenvalue weighted by molar-refractivity contribution is 5.93. The summed E-state index contributed by atoms with van der Waals surface area (Å²) in [7, 11) is 0. The van der Waals surface area contributed by atoms with Gasteiger partial charge in [-0.05, 0) is 32.9 Å². The van der Waals surface area contributed by atoms with Crippen LogP contribution >= 0.6 is 0 Å². The summed E-state index contributed by atoms with van der Waals surface area (Å²) < 4.78 is 38.9. The van der Waals surface area contributed by atoms with Gasteiger partial charge in [0.15, 0.2) is 6.61 Å². The largest absolute Gasteiger partial charge is 0.485 e. The van der Waals surface area contributed by atoms with E-state index >= 15 is 0 Å². The van der Waals surface area contributed by atoms with Gasteiger partial charge in [0.2, 0.25) is 0 Å². The highest BCUT2D eigenvalue weighted by Crippen LogP contribution is 2.35. The minimum atomic E-state index is -3.36. The van der Waals surface area contributed by atoms with Crippen LogP contribution in [0.4, 0.5) is 19.4 Å². The molecule has 3 aromatic heterocycles. The first-order valence-electron chi connectivity index (χ1n) is 9.06. The monoisotopic (exact) mass is 420 g/mol. The summed E-state index contributed by atoms with van der Waals surface area (Å²) in [6.45, 7) is 2.96. The van der Waals surface area contributed by atoms with Crippen LogP contribution in [-0.2, 0) is 4.74 Å². The van der Waals surface area contributed by atoms with Crippen LogP contribution in [0.15, 0.2) is 30.6 Å². The van der Waals surface area contributed by atoms with E-state index in [0.29, 0.717) is 22.3 Å². The van der Waals surface area contributed by atoms with Gasteiger partial charge in [-0.2, -0.15) is 5.10 Å². The number of nitrogen functional groups attached to an aromatic ring is 1. The van der Waals surface area contributed by atoms with Crippen molar-refractivity contribution >= 4 is 22.9 Å². The Hall–Kier alpha value is -3.50. The summed E-state index contributed by atoms with van der Waals surface area (Å²) in [6.07, 6.45) is 1.94. The molecule has 0 atom stereocenters. The lowest BCUT2D eigenvalue weighted by molar-refractivity contribution is -0.0408. The molecule has 0 aliphatic heterocycles. The van der Waals surface area contributed by atoms with Gasteiger partial charge in [-0.15, -0.1) is 0 Å². The molecule has 30 heavy (non-hydrogen) atoms. The van der Waals surface area contributed by atoms with Crippen molar-refractivity contribution in [1.82, 2.24) is 25.5 Å². The van der Waals surface area contributed by atoms with Crippen LogP contribution in [0.1, 0.15) is 20.8 Å². The zero-order valence-electron chi connectivity index (χ0n) is 16.7. The lowest BCUT2D eigenvalue weighted by atomic mass is 10.1. The first-order chi connectivity index (χ1) is 14.0. The van der Waals surface area contributed by atoms with Crippen LogP contribution in [0.2, 0.25) is 0 Å². The molecule has 0 bridgehead atoms. The van der Waals surface area contributed by atoms with Crippen LogP contribution in [0.3, 0.4) is 0 Å². The van der Waals surface area contributed by atoms with E-state index in [4.69, 9.17) is 15.2 Å². The number of carbonyl (C=O) groups excluding carboxylic acids is 1. The second-order valence-electron chi connectivity index (χ2n) is 7.58. The van der Waals surface area contributed by atoms with Crippen molar-refractivity contribution in [3.63, 3.8) is 0 Å². The van der Waals surface area contributed by atoms with E-state index in [1.165, 1.54) is 6.20 Å². The number of H-pyrrole nitrogens is 1. The van der Waals surface area contributed by atoms with Gasteiger partial charge in [0.05, 0.1) is 29.5 Å². The van der Waals surface area contributed by atoms with Gasteiger partial charge >= 0.3 is 6.09 Å². The SMILES string of the molecule is CC(C)(C)OC(=O)NCC(F)(F)COc1cnc2cccnc2c1-c1cc(N)n[nH]1. The summed E-state index contributed by atoms with van der Waals surface area (Å²) in [5.41, 5.74) is 6.72. The number of alkyl halides is 2. The number of halogens is 2. The maximum Gasteiger partial charge on any atom is 0.407 e. The Bertz CT molecular complexity index is 1050. The minimum absolute atomic E-state index is 0.0711. The number of aromatic nitrogens is 4. The fourth-order valence-electron chi connectivity index (χ4n) is 2.59. The van der Waals surface area contributed by atoms with Gasteiger partial charge in [0, 0.05) is 12.3 Å². The predicted molar refractivity (Wildman–Crippen MR) is 106 cm³/mol. The summed E-state index contributed by atoms with van der Waals surface area (Å²) in [5.74, 6) is -3.06. The molecule has 0 saturated carbocycles. The summed E-state index contributed by atoms with van der Waals surface area (Å²) >= 11 is 0. The fraction of sp³-hybridized carbons (Fsp3) is 0.368. The molecule has 4 N–H and O–H groups in total. The van der Waals surface area contributed by atoms with E-state index in [9.17, 15) is 13.6 Å². The number of amides is 1. The molecule has 9 nitrogen and oxygen atoms in total. The van der Waals surface area contributed by atoms with E-state index < -0.39 is 30.8 Å². The molecule has 0 fully saturated rings. The van der Waals surface area contributed by atoms with Crippen molar-refractivity contribution in [3.05, 3.63) is 30.6 Å². The molecule has 0 saturated heterocycles. The van der Waals surface area contributed by atoms with Crippen molar-refractivity contribution in [2.75, 3.05) is 18.9 Å². The molecule has 3 aromatic rings. The number of ether oxygens (including phenoxy) is 2. The summed E-state index contributed by atoms with van der Waals surface area (Å²) in [4.78, 5) is 20.1. The van der Waals surface area contributed by atoms with Crippen LogP contribution in [0.25, 0.3) is 22.3 Å². The Kier molecular flexibility index (Phi) is 5.72. The average Bonchev–Trinajstić information content (AvgIpc) is 3.09. The second-order valence-corrected chi connectivity index (χ2v) is 7.58. The highest BCUT2D eigenvalue weighted by Gasteiger charge is 2.32. The zero-order chi connectivity index (χ0) is 21.9. The number of pyridine rings is 2. The Morgan fingerprint density at radius 2 is 2.07 bits per heavy atom. The van der Waals surface area contributed by atoms with Gasteiger partial charge in [0.1, 0.15) is 22.7 Å². The standard InChI is InChI=1S/C19H22F2N6O3/c1-18(2,3)30-17(28)25-9-19(20,21)10-29-13-8-24-11-5-4-6-23-16(11)15(13)12-7-14(22)27-26-12/h4-8H,9-10H2,1-3H3,(H,25,28)(H3,22,26,27). The van der Waals surface area contributed by atoms with Crippen LogP contribution in [-0.4, -0.2) is 50.9 Å². The topological polar surface area (TPSA) is 128 Å². The normalized spacial score (nSPS) is 12.0. The van der Waals surface area contributed by atoms with Gasteiger partial charge in [0.25, 0.3) is 5.92 Å². The van der Waals surface area contributed by atoms with Crippen molar-refractivity contribution in [1.29, 1.82) is 0 Å². The van der Waals surface area contributed by atoms with E-state index in [1.54, 1.807) is 45.2 Å².